The van der Waals surface area contributed by atoms with Gasteiger partial charge in [-0.15, -0.1) is 11.6 Å². The first-order valence-electron chi connectivity index (χ1n) is 6.17. The molecule has 1 nitrogen and oxygen atoms in total. The van der Waals surface area contributed by atoms with Crippen molar-refractivity contribution < 1.29 is 0 Å². The van der Waals surface area contributed by atoms with E-state index in [0.717, 1.165) is 0 Å². The van der Waals surface area contributed by atoms with Gasteiger partial charge in [-0.25, -0.2) is 0 Å². The van der Waals surface area contributed by atoms with Crippen LogP contribution in [0.5, 0.6) is 0 Å². The normalized spacial score (nSPS) is 55.4. The minimum Gasteiger partial charge on any atom is -0.265 e. The molecule has 0 aromatic rings. The molecule has 0 radical (unpaired) electrons. The molecule has 0 saturated carbocycles. The lowest BCUT2D eigenvalue weighted by atomic mass is 9.93. The minimum absolute atomic E-state index is 0.0142. The van der Waals surface area contributed by atoms with Gasteiger partial charge in [0.05, 0.1) is 8.54 Å². The van der Waals surface area contributed by atoms with Crippen molar-refractivity contribution in [3.05, 3.63) is 0 Å². The van der Waals surface area contributed by atoms with Crippen molar-refractivity contribution in [1.82, 2.24) is 4.90 Å². The molecule has 3 fully saturated rings. The number of nitrogens with zero attached hydrogens (tertiary/aromatic N) is 1. The van der Waals surface area contributed by atoms with Crippen molar-refractivity contribution >= 4 is 34.2 Å². The summed E-state index contributed by atoms with van der Waals surface area (Å²) in [5.74, 6) is 0. The van der Waals surface area contributed by atoms with Crippen molar-refractivity contribution in [3.8, 4) is 0 Å². The summed E-state index contributed by atoms with van der Waals surface area (Å²) in [5.41, 5.74) is 0.399. The Morgan fingerprint density at radius 2 is 1.67 bits per heavy atom. The van der Waals surface area contributed by atoms with Crippen LogP contribution in [0.25, 0.3) is 0 Å². The molecule has 3 rings (SSSR count). The van der Waals surface area contributed by atoms with E-state index in [1.807, 2.05) is 0 Å². The predicted octanol–water partition coefficient (Wildman–Crippen LogP) is 4.28. The van der Waals surface area contributed by atoms with Gasteiger partial charge in [0.1, 0.15) is 0 Å². The molecule has 86 valence electrons. The van der Waals surface area contributed by atoms with E-state index in [1.54, 1.807) is 0 Å². The second-order valence-electron chi connectivity index (χ2n) is 5.88. The lowest BCUT2D eigenvalue weighted by Crippen LogP contribution is -2.53. The van der Waals surface area contributed by atoms with E-state index in [4.69, 9.17) is 11.6 Å². The van der Waals surface area contributed by atoms with E-state index in [1.165, 1.54) is 51.4 Å². The quantitative estimate of drug-likeness (QED) is 0.362. The lowest BCUT2D eigenvalue weighted by Gasteiger charge is -2.45. The van der Waals surface area contributed by atoms with Crippen LogP contribution < -0.4 is 0 Å². The molecule has 0 bridgehead atoms. The Labute approximate surface area is 111 Å². The molecular weight excluding hydrogens is 320 g/mol. The van der Waals surface area contributed by atoms with E-state index < -0.39 is 0 Å². The van der Waals surface area contributed by atoms with E-state index in [0.29, 0.717) is 9.08 Å². The summed E-state index contributed by atoms with van der Waals surface area (Å²) in [6, 6.07) is 0. The molecule has 3 aliphatic rings. The Hall–Kier alpha value is 0.980. The van der Waals surface area contributed by atoms with Gasteiger partial charge >= 0.3 is 0 Å². The fourth-order valence-corrected chi connectivity index (χ4v) is 6.51. The first kappa shape index (κ1) is 11.1. The molecule has 3 saturated heterocycles. The number of hydrogen-bond donors (Lipinski definition) is 0. The summed E-state index contributed by atoms with van der Waals surface area (Å²) in [6.07, 6.45) is 10.5. The highest BCUT2D eigenvalue weighted by molar-refractivity contribution is 14.1. The van der Waals surface area contributed by atoms with Crippen molar-refractivity contribution in [3.63, 3.8) is 0 Å². The molecule has 0 aromatic heterocycles. The summed E-state index contributed by atoms with van der Waals surface area (Å²) in [5, 5.41) is 0. The van der Waals surface area contributed by atoms with E-state index in [-0.39, 0.29) is 5.00 Å². The van der Waals surface area contributed by atoms with Gasteiger partial charge in [0.25, 0.3) is 0 Å². The zero-order valence-electron chi connectivity index (χ0n) is 9.36. The van der Waals surface area contributed by atoms with Crippen LogP contribution in [0.4, 0.5) is 0 Å². The van der Waals surface area contributed by atoms with Crippen LogP contribution in [0.1, 0.15) is 58.3 Å². The summed E-state index contributed by atoms with van der Waals surface area (Å²) in [4.78, 5) is 2.72. The van der Waals surface area contributed by atoms with E-state index in [2.05, 4.69) is 34.4 Å². The van der Waals surface area contributed by atoms with E-state index in [9.17, 15) is 0 Å². The molecule has 0 aliphatic carbocycles. The second kappa shape index (κ2) is 3.26. The van der Waals surface area contributed by atoms with Crippen LogP contribution in [0, 0.1) is 0 Å². The molecule has 3 heteroatoms. The molecule has 0 amide bonds. The van der Waals surface area contributed by atoms with Crippen LogP contribution in [0.3, 0.4) is 0 Å². The Morgan fingerprint density at radius 3 is 2.47 bits per heavy atom. The predicted molar refractivity (Wildman–Crippen MR) is 72.5 cm³/mol. The molecule has 3 aliphatic heterocycles. The van der Waals surface area contributed by atoms with Gasteiger partial charge in [0, 0.05) is 5.54 Å². The Balaban J connectivity index is 2.06. The van der Waals surface area contributed by atoms with Crippen LogP contribution in [0.2, 0.25) is 0 Å². The van der Waals surface area contributed by atoms with Crippen LogP contribution in [-0.2, 0) is 0 Å². The van der Waals surface area contributed by atoms with Crippen molar-refractivity contribution in [1.29, 1.82) is 0 Å². The molecule has 0 N–H and O–H groups in total. The number of halogens is 2. The van der Waals surface area contributed by atoms with Gasteiger partial charge < -0.3 is 0 Å². The zero-order chi connectivity index (χ0) is 10.7. The standard InChI is InChI=1S/C12H19ClIN/c1-10-4-2-3-5-12(14)9-8-11(13,7-6-10)15(10)12/h2-9H2,1H3. The maximum atomic E-state index is 6.84. The second-order valence-corrected chi connectivity index (χ2v) is 8.59. The monoisotopic (exact) mass is 339 g/mol. The number of alkyl halides is 2. The fourth-order valence-electron chi connectivity index (χ4n) is 4.12. The smallest absolute Gasteiger partial charge is 0.0977 e. The first-order chi connectivity index (χ1) is 6.99. The van der Waals surface area contributed by atoms with Crippen LogP contribution in [-0.4, -0.2) is 19.0 Å². The molecule has 15 heavy (non-hydrogen) atoms. The largest absolute Gasteiger partial charge is 0.265 e. The average Bonchev–Trinajstić information content (AvgIpc) is 2.53. The highest BCUT2D eigenvalue weighted by Crippen LogP contribution is 2.62. The van der Waals surface area contributed by atoms with Gasteiger partial charge in [-0.05, 0) is 45.4 Å². The van der Waals surface area contributed by atoms with Crippen molar-refractivity contribution in [2.75, 3.05) is 0 Å². The topological polar surface area (TPSA) is 3.24 Å². The van der Waals surface area contributed by atoms with Gasteiger partial charge in [0.15, 0.2) is 0 Å². The summed E-state index contributed by atoms with van der Waals surface area (Å²) in [6.45, 7) is 2.45. The van der Waals surface area contributed by atoms with E-state index >= 15 is 0 Å². The third kappa shape index (κ3) is 1.43. The van der Waals surface area contributed by atoms with Gasteiger partial charge in [-0.3, -0.25) is 4.90 Å². The van der Waals surface area contributed by atoms with Gasteiger partial charge in [-0.1, -0.05) is 35.4 Å². The highest BCUT2D eigenvalue weighted by Gasteiger charge is 2.63. The molecule has 3 atom stereocenters. The number of rotatable bonds is 0. The third-order valence-electron chi connectivity index (χ3n) is 4.80. The molecule has 3 unspecified atom stereocenters. The number of hydrogen-bond acceptors (Lipinski definition) is 1. The zero-order valence-corrected chi connectivity index (χ0v) is 12.3. The minimum atomic E-state index is 0.0142. The first-order valence-corrected chi connectivity index (χ1v) is 7.63. The Bertz CT molecular complexity index is 263. The van der Waals surface area contributed by atoms with Gasteiger partial charge in [-0.2, -0.15) is 0 Å². The Morgan fingerprint density at radius 1 is 1.00 bits per heavy atom. The van der Waals surface area contributed by atoms with Crippen molar-refractivity contribution in [2.45, 2.75) is 72.4 Å². The summed E-state index contributed by atoms with van der Waals surface area (Å²) < 4.78 is 0.376. The molecule has 0 spiro atoms. The van der Waals surface area contributed by atoms with Crippen molar-refractivity contribution in [2.24, 2.45) is 0 Å². The highest BCUT2D eigenvalue weighted by atomic mass is 127. The fraction of sp³-hybridized carbons (Fsp3) is 1.00. The molecule has 0 aromatic carbocycles. The molecule has 3 heterocycles. The maximum Gasteiger partial charge on any atom is 0.0977 e. The molecular formula is C12H19ClIN. The maximum absolute atomic E-state index is 6.84. The summed E-state index contributed by atoms with van der Waals surface area (Å²) >= 11 is 9.54. The SMILES string of the molecule is CC12CCCCC3(I)CCC(Cl)(CC1)N23. The Kier molecular flexibility index (Phi) is 2.41. The average molecular weight is 340 g/mol. The van der Waals surface area contributed by atoms with Crippen LogP contribution in [0.15, 0.2) is 0 Å². The van der Waals surface area contributed by atoms with Crippen LogP contribution >= 0.6 is 34.2 Å². The lowest BCUT2D eigenvalue weighted by molar-refractivity contribution is 0.0798. The third-order valence-corrected chi connectivity index (χ3v) is 6.91. The summed E-state index contributed by atoms with van der Waals surface area (Å²) in [7, 11) is 0. The van der Waals surface area contributed by atoms with Gasteiger partial charge in [0.2, 0.25) is 0 Å².